The Bertz CT molecular complexity index is 443. The summed E-state index contributed by atoms with van der Waals surface area (Å²) < 4.78 is 10.5. The number of para-hydroxylation sites is 1. The minimum atomic E-state index is -0.841. The van der Waals surface area contributed by atoms with Crippen LogP contribution in [0, 0.1) is 11.8 Å². The number of ether oxygens (including phenoxy) is 2. The highest BCUT2D eigenvalue weighted by Crippen LogP contribution is 2.34. The van der Waals surface area contributed by atoms with E-state index < -0.39 is 6.10 Å². The van der Waals surface area contributed by atoms with Gasteiger partial charge >= 0.3 is 0 Å². The zero-order valence-electron chi connectivity index (χ0n) is 11.9. The fraction of sp³-hybridized carbons (Fsp3) is 0.500. The molecular weight excluding hydrogens is 240 g/mol. The van der Waals surface area contributed by atoms with Gasteiger partial charge in [-0.15, -0.1) is 5.92 Å². The molecule has 0 bridgehead atoms. The smallest absolute Gasteiger partial charge is 0.167 e. The molecule has 0 saturated carbocycles. The van der Waals surface area contributed by atoms with Crippen LogP contribution in [-0.2, 0) is 0 Å². The lowest BCUT2D eigenvalue weighted by atomic mass is 10.1. The fourth-order valence-electron chi connectivity index (χ4n) is 1.84. The van der Waals surface area contributed by atoms with Crippen molar-refractivity contribution in [1.82, 2.24) is 0 Å². The van der Waals surface area contributed by atoms with Crippen LogP contribution in [0.1, 0.15) is 44.3 Å². The maximum absolute atomic E-state index is 10.1. The maximum atomic E-state index is 10.1. The molecule has 0 radical (unpaired) electrons. The van der Waals surface area contributed by atoms with Crippen LogP contribution in [0.4, 0.5) is 0 Å². The van der Waals surface area contributed by atoms with Crippen LogP contribution in [0.15, 0.2) is 18.2 Å². The first kappa shape index (κ1) is 15.4. The van der Waals surface area contributed by atoms with Crippen LogP contribution in [0.3, 0.4) is 0 Å². The van der Waals surface area contributed by atoms with Crippen LogP contribution in [0.5, 0.6) is 11.5 Å². The third-order valence-corrected chi connectivity index (χ3v) is 2.87. The lowest BCUT2D eigenvalue weighted by molar-refractivity contribution is 0.230. The van der Waals surface area contributed by atoms with Gasteiger partial charge in [0.1, 0.15) is 6.10 Å². The molecule has 3 heteroatoms. The van der Waals surface area contributed by atoms with Crippen LogP contribution in [0.2, 0.25) is 0 Å². The minimum Gasteiger partial charge on any atom is -0.493 e. The van der Waals surface area contributed by atoms with Crippen LogP contribution >= 0.6 is 0 Å². The summed E-state index contributed by atoms with van der Waals surface area (Å²) in [6, 6.07) is 5.41. The van der Waals surface area contributed by atoms with Gasteiger partial charge in [-0.2, -0.15) is 0 Å². The van der Waals surface area contributed by atoms with E-state index in [1.54, 1.807) is 26.4 Å². The Balaban J connectivity index is 2.78. The summed E-state index contributed by atoms with van der Waals surface area (Å²) in [5.74, 6) is 7.01. The molecule has 1 unspecified atom stereocenters. The number of hydrogen-bond donors (Lipinski definition) is 1. The van der Waals surface area contributed by atoms with Gasteiger partial charge in [0.05, 0.1) is 14.2 Å². The Morgan fingerprint density at radius 2 is 2.00 bits per heavy atom. The molecule has 1 aromatic carbocycles. The second-order valence-electron chi connectivity index (χ2n) is 4.26. The summed E-state index contributed by atoms with van der Waals surface area (Å²) in [5.41, 5.74) is 0.643. The third-order valence-electron chi connectivity index (χ3n) is 2.87. The van der Waals surface area contributed by atoms with Crippen molar-refractivity contribution < 1.29 is 14.6 Å². The first-order chi connectivity index (χ1) is 9.24. The SMILES string of the molecule is CCCCCC#CC(O)c1cccc(OC)c1OC. The fourth-order valence-corrected chi connectivity index (χ4v) is 1.84. The number of benzene rings is 1. The predicted octanol–water partition coefficient (Wildman–Crippen LogP) is 3.32. The zero-order chi connectivity index (χ0) is 14.1. The molecule has 104 valence electrons. The Morgan fingerprint density at radius 1 is 1.21 bits per heavy atom. The number of aliphatic hydroxyl groups is 1. The summed E-state index contributed by atoms with van der Waals surface area (Å²) >= 11 is 0. The molecule has 19 heavy (non-hydrogen) atoms. The van der Waals surface area contributed by atoms with Gasteiger partial charge in [-0.05, 0) is 12.5 Å². The summed E-state index contributed by atoms with van der Waals surface area (Å²) in [5, 5.41) is 10.1. The van der Waals surface area contributed by atoms with Crippen molar-refractivity contribution in [3.8, 4) is 23.3 Å². The molecule has 0 amide bonds. The molecule has 1 rings (SSSR count). The summed E-state index contributed by atoms with van der Waals surface area (Å²) in [6.45, 7) is 2.16. The second-order valence-corrected chi connectivity index (χ2v) is 4.26. The normalized spacial score (nSPS) is 11.4. The molecule has 3 nitrogen and oxygen atoms in total. The van der Waals surface area contributed by atoms with Gasteiger partial charge in [0.15, 0.2) is 11.5 Å². The van der Waals surface area contributed by atoms with Gasteiger partial charge in [0, 0.05) is 12.0 Å². The number of hydrogen-bond acceptors (Lipinski definition) is 3. The summed E-state index contributed by atoms with van der Waals surface area (Å²) in [6.07, 6.45) is 3.40. The molecule has 0 aliphatic carbocycles. The number of unbranched alkanes of at least 4 members (excludes halogenated alkanes) is 3. The molecule has 0 aliphatic heterocycles. The summed E-state index contributed by atoms with van der Waals surface area (Å²) in [7, 11) is 3.13. The van der Waals surface area contributed by atoms with E-state index in [0.29, 0.717) is 17.1 Å². The lowest BCUT2D eigenvalue weighted by Gasteiger charge is -2.13. The minimum absolute atomic E-state index is 0.542. The predicted molar refractivity (Wildman–Crippen MR) is 76.4 cm³/mol. The van der Waals surface area contributed by atoms with Crippen molar-refractivity contribution in [2.75, 3.05) is 14.2 Å². The highest BCUT2D eigenvalue weighted by atomic mass is 16.5. The van der Waals surface area contributed by atoms with E-state index in [0.717, 1.165) is 12.8 Å². The van der Waals surface area contributed by atoms with Gasteiger partial charge < -0.3 is 14.6 Å². The summed E-state index contributed by atoms with van der Waals surface area (Å²) in [4.78, 5) is 0. The molecule has 0 aliphatic rings. The van der Waals surface area contributed by atoms with Crippen molar-refractivity contribution in [3.63, 3.8) is 0 Å². The highest BCUT2D eigenvalue weighted by Gasteiger charge is 2.14. The van der Waals surface area contributed by atoms with Gasteiger partial charge in [-0.3, -0.25) is 0 Å². The molecule has 0 spiro atoms. The maximum Gasteiger partial charge on any atom is 0.167 e. The largest absolute Gasteiger partial charge is 0.493 e. The highest BCUT2D eigenvalue weighted by molar-refractivity contribution is 5.49. The van der Waals surface area contributed by atoms with E-state index in [1.165, 1.54) is 12.8 Å². The Labute approximate surface area is 115 Å². The molecule has 0 heterocycles. The molecule has 0 aromatic heterocycles. The van der Waals surface area contributed by atoms with E-state index in [9.17, 15) is 5.11 Å². The van der Waals surface area contributed by atoms with Gasteiger partial charge in [0.2, 0.25) is 0 Å². The third kappa shape index (κ3) is 4.50. The second kappa shape index (κ2) is 8.44. The average Bonchev–Trinajstić information content (AvgIpc) is 2.45. The Kier molecular flexibility index (Phi) is 6.84. The average molecular weight is 262 g/mol. The number of methoxy groups -OCH3 is 2. The van der Waals surface area contributed by atoms with E-state index in [1.807, 2.05) is 6.07 Å². The van der Waals surface area contributed by atoms with E-state index >= 15 is 0 Å². The monoisotopic (exact) mass is 262 g/mol. The van der Waals surface area contributed by atoms with E-state index in [2.05, 4.69) is 18.8 Å². The van der Waals surface area contributed by atoms with Gasteiger partial charge in [-0.25, -0.2) is 0 Å². The molecule has 1 atom stereocenters. The number of aliphatic hydroxyl groups excluding tert-OH is 1. The van der Waals surface area contributed by atoms with Crippen molar-refractivity contribution >= 4 is 0 Å². The molecule has 0 fully saturated rings. The van der Waals surface area contributed by atoms with Crippen LogP contribution in [-0.4, -0.2) is 19.3 Å². The first-order valence-electron chi connectivity index (χ1n) is 6.61. The standard InChI is InChI=1S/C16H22O3/c1-4-5-6-7-8-11-14(17)13-10-9-12-15(18-2)16(13)19-3/h9-10,12,14,17H,4-7H2,1-3H3. The zero-order valence-corrected chi connectivity index (χ0v) is 11.9. The van der Waals surface area contributed by atoms with Crippen molar-refractivity contribution in [2.24, 2.45) is 0 Å². The van der Waals surface area contributed by atoms with Crippen molar-refractivity contribution in [2.45, 2.75) is 38.7 Å². The topological polar surface area (TPSA) is 38.7 Å². The molecule has 1 aromatic rings. The van der Waals surface area contributed by atoms with Crippen LogP contribution < -0.4 is 9.47 Å². The Morgan fingerprint density at radius 3 is 2.63 bits per heavy atom. The lowest BCUT2D eigenvalue weighted by Crippen LogP contribution is -2.00. The van der Waals surface area contributed by atoms with Gasteiger partial charge in [0.25, 0.3) is 0 Å². The Hall–Kier alpha value is -1.66. The van der Waals surface area contributed by atoms with Crippen LogP contribution in [0.25, 0.3) is 0 Å². The molecular formula is C16H22O3. The molecule has 1 N–H and O–H groups in total. The quantitative estimate of drug-likeness (QED) is 0.631. The van der Waals surface area contributed by atoms with Crippen molar-refractivity contribution in [3.05, 3.63) is 23.8 Å². The van der Waals surface area contributed by atoms with E-state index in [-0.39, 0.29) is 0 Å². The van der Waals surface area contributed by atoms with Crippen molar-refractivity contribution in [1.29, 1.82) is 0 Å². The number of rotatable bonds is 6. The first-order valence-corrected chi connectivity index (χ1v) is 6.61. The van der Waals surface area contributed by atoms with Gasteiger partial charge in [-0.1, -0.05) is 37.8 Å². The molecule has 0 saturated heterocycles. The van der Waals surface area contributed by atoms with E-state index in [4.69, 9.17) is 9.47 Å².